The number of non-ortho nitro benzene ring substituents is 1. The van der Waals surface area contributed by atoms with Gasteiger partial charge in [0, 0.05) is 12.1 Å². The standard InChI is InChI=1S/C14H10N2O2/c1-10-3-2-4-11(7-10)14-6-5-13(16(17)18)8-12(14)9-15/h2-8H,1H3. The minimum Gasteiger partial charge on any atom is -0.258 e. The van der Waals surface area contributed by atoms with E-state index in [4.69, 9.17) is 5.26 Å². The van der Waals surface area contributed by atoms with Crippen molar-refractivity contribution >= 4 is 5.69 Å². The molecule has 88 valence electrons. The lowest BCUT2D eigenvalue weighted by Gasteiger charge is -2.05. The molecule has 0 saturated carbocycles. The van der Waals surface area contributed by atoms with Crippen molar-refractivity contribution in [1.82, 2.24) is 0 Å². The van der Waals surface area contributed by atoms with Crippen LogP contribution in [-0.2, 0) is 0 Å². The zero-order chi connectivity index (χ0) is 13.1. The highest BCUT2D eigenvalue weighted by atomic mass is 16.6. The van der Waals surface area contributed by atoms with Crippen LogP contribution >= 0.6 is 0 Å². The van der Waals surface area contributed by atoms with Gasteiger partial charge >= 0.3 is 0 Å². The van der Waals surface area contributed by atoms with E-state index in [1.165, 1.54) is 12.1 Å². The highest BCUT2D eigenvalue weighted by Crippen LogP contribution is 2.27. The van der Waals surface area contributed by atoms with Crippen molar-refractivity contribution in [3.8, 4) is 17.2 Å². The molecule has 0 amide bonds. The molecule has 0 saturated heterocycles. The molecule has 4 heteroatoms. The van der Waals surface area contributed by atoms with Crippen molar-refractivity contribution in [2.45, 2.75) is 6.92 Å². The first kappa shape index (κ1) is 11.8. The third kappa shape index (κ3) is 2.20. The Bertz CT molecular complexity index is 657. The predicted molar refractivity (Wildman–Crippen MR) is 68.0 cm³/mol. The molecule has 0 heterocycles. The quantitative estimate of drug-likeness (QED) is 0.594. The van der Waals surface area contributed by atoms with Gasteiger partial charge in [-0.15, -0.1) is 0 Å². The van der Waals surface area contributed by atoms with Crippen molar-refractivity contribution in [3.05, 3.63) is 63.7 Å². The lowest BCUT2D eigenvalue weighted by molar-refractivity contribution is -0.384. The first-order chi connectivity index (χ1) is 8.61. The molecule has 18 heavy (non-hydrogen) atoms. The van der Waals surface area contributed by atoms with Gasteiger partial charge < -0.3 is 0 Å². The van der Waals surface area contributed by atoms with Gasteiger partial charge in [0.25, 0.3) is 5.69 Å². The lowest BCUT2D eigenvalue weighted by Crippen LogP contribution is -1.91. The second-order valence-corrected chi connectivity index (χ2v) is 3.97. The molecule has 0 spiro atoms. The summed E-state index contributed by atoms with van der Waals surface area (Å²) >= 11 is 0. The van der Waals surface area contributed by atoms with Crippen molar-refractivity contribution in [3.63, 3.8) is 0 Å². The fourth-order valence-electron chi connectivity index (χ4n) is 1.80. The maximum atomic E-state index is 10.7. The largest absolute Gasteiger partial charge is 0.270 e. The maximum Gasteiger partial charge on any atom is 0.270 e. The summed E-state index contributed by atoms with van der Waals surface area (Å²) in [6, 6.07) is 14.0. The molecule has 4 nitrogen and oxygen atoms in total. The van der Waals surface area contributed by atoms with Gasteiger partial charge in [-0.25, -0.2) is 0 Å². The second kappa shape index (κ2) is 4.68. The van der Waals surface area contributed by atoms with E-state index in [-0.39, 0.29) is 5.69 Å². The summed E-state index contributed by atoms with van der Waals surface area (Å²) in [6.07, 6.45) is 0. The molecule has 2 rings (SSSR count). The van der Waals surface area contributed by atoms with Crippen molar-refractivity contribution in [2.24, 2.45) is 0 Å². The molecule has 2 aromatic rings. The number of hydrogen-bond donors (Lipinski definition) is 0. The fourth-order valence-corrected chi connectivity index (χ4v) is 1.80. The number of hydrogen-bond acceptors (Lipinski definition) is 3. The summed E-state index contributed by atoms with van der Waals surface area (Å²) in [4.78, 5) is 10.2. The molecule has 0 radical (unpaired) electrons. The smallest absolute Gasteiger partial charge is 0.258 e. The van der Waals surface area contributed by atoms with Gasteiger partial charge in [-0.2, -0.15) is 5.26 Å². The van der Waals surface area contributed by atoms with Gasteiger partial charge in [-0.3, -0.25) is 10.1 Å². The molecule has 0 fully saturated rings. The topological polar surface area (TPSA) is 66.9 Å². The molecule has 0 aliphatic carbocycles. The van der Waals surface area contributed by atoms with Gasteiger partial charge in [0.15, 0.2) is 0 Å². The summed E-state index contributed by atoms with van der Waals surface area (Å²) in [5.41, 5.74) is 2.93. The molecule has 0 N–H and O–H groups in total. The Hall–Kier alpha value is -2.67. The van der Waals surface area contributed by atoms with E-state index in [2.05, 4.69) is 0 Å². The molecule has 0 bridgehead atoms. The molecule has 0 unspecified atom stereocenters. The number of aryl methyl sites for hydroxylation is 1. The summed E-state index contributed by atoms with van der Waals surface area (Å²) in [5.74, 6) is 0. The molecule has 0 aliphatic heterocycles. The summed E-state index contributed by atoms with van der Waals surface area (Å²) in [7, 11) is 0. The van der Waals surface area contributed by atoms with Crippen molar-refractivity contribution in [1.29, 1.82) is 5.26 Å². The van der Waals surface area contributed by atoms with Crippen LogP contribution in [0.15, 0.2) is 42.5 Å². The molecule has 0 aliphatic rings. The van der Waals surface area contributed by atoms with Crippen LogP contribution in [0, 0.1) is 28.4 Å². The van der Waals surface area contributed by atoms with E-state index in [1.807, 2.05) is 37.3 Å². The summed E-state index contributed by atoms with van der Waals surface area (Å²) in [6.45, 7) is 1.96. The van der Waals surface area contributed by atoms with Crippen LogP contribution < -0.4 is 0 Å². The zero-order valence-corrected chi connectivity index (χ0v) is 9.75. The zero-order valence-electron chi connectivity index (χ0n) is 9.75. The summed E-state index contributed by atoms with van der Waals surface area (Å²) in [5, 5.41) is 19.7. The van der Waals surface area contributed by atoms with Crippen LogP contribution in [0.25, 0.3) is 11.1 Å². The Morgan fingerprint density at radius 3 is 2.61 bits per heavy atom. The third-order valence-corrected chi connectivity index (χ3v) is 2.66. The van der Waals surface area contributed by atoms with Gasteiger partial charge in [-0.1, -0.05) is 29.8 Å². The number of nitro benzene ring substituents is 1. The Morgan fingerprint density at radius 2 is 2.00 bits per heavy atom. The Morgan fingerprint density at radius 1 is 1.22 bits per heavy atom. The van der Waals surface area contributed by atoms with Crippen LogP contribution in [0.3, 0.4) is 0 Å². The maximum absolute atomic E-state index is 10.7. The molecule has 0 aromatic heterocycles. The molecular weight excluding hydrogens is 228 g/mol. The van der Waals surface area contributed by atoms with Crippen LogP contribution in [0.1, 0.15) is 11.1 Å². The van der Waals surface area contributed by atoms with Crippen LogP contribution in [0.5, 0.6) is 0 Å². The average molecular weight is 238 g/mol. The molecule has 2 aromatic carbocycles. The van der Waals surface area contributed by atoms with Gasteiger partial charge in [0.05, 0.1) is 10.5 Å². The van der Waals surface area contributed by atoms with Gasteiger partial charge in [0.2, 0.25) is 0 Å². The molecular formula is C14H10N2O2. The minimum absolute atomic E-state index is 0.0667. The van der Waals surface area contributed by atoms with Crippen LogP contribution in [0.4, 0.5) is 5.69 Å². The van der Waals surface area contributed by atoms with Crippen molar-refractivity contribution in [2.75, 3.05) is 0 Å². The minimum atomic E-state index is -0.499. The first-order valence-electron chi connectivity index (χ1n) is 5.37. The normalized spacial score (nSPS) is 9.78. The van der Waals surface area contributed by atoms with Crippen LogP contribution in [-0.4, -0.2) is 4.92 Å². The highest BCUT2D eigenvalue weighted by molar-refractivity contribution is 5.72. The van der Waals surface area contributed by atoms with Crippen LogP contribution in [0.2, 0.25) is 0 Å². The van der Waals surface area contributed by atoms with Gasteiger partial charge in [-0.05, 0) is 24.1 Å². The Kier molecular flexibility index (Phi) is 3.07. The highest BCUT2D eigenvalue weighted by Gasteiger charge is 2.11. The number of benzene rings is 2. The SMILES string of the molecule is Cc1cccc(-c2ccc([N+](=O)[O-])cc2C#N)c1. The Balaban J connectivity index is 2.59. The lowest BCUT2D eigenvalue weighted by atomic mass is 9.98. The third-order valence-electron chi connectivity index (χ3n) is 2.66. The van der Waals surface area contributed by atoms with E-state index in [0.29, 0.717) is 11.1 Å². The monoisotopic (exact) mass is 238 g/mol. The number of nitriles is 1. The van der Waals surface area contributed by atoms with E-state index in [0.717, 1.165) is 11.1 Å². The predicted octanol–water partition coefficient (Wildman–Crippen LogP) is 3.44. The molecule has 0 atom stereocenters. The van der Waals surface area contributed by atoms with E-state index in [1.54, 1.807) is 6.07 Å². The van der Waals surface area contributed by atoms with Crippen molar-refractivity contribution < 1.29 is 4.92 Å². The Labute approximate surface area is 104 Å². The second-order valence-electron chi connectivity index (χ2n) is 3.97. The first-order valence-corrected chi connectivity index (χ1v) is 5.37. The average Bonchev–Trinajstić information content (AvgIpc) is 2.37. The number of nitro groups is 1. The van der Waals surface area contributed by atoms with E-state index >= 15 is 0 Å². The van der Waals surface area contributed by atoms with Gasteiger partial charge in [0.1, 0.15) is 6.07 Å². The fraction of sp³-hybridized carbons (Fsp3) is 0.0714. The number of nitrogens with zero attached hydrogens (tertiary/aromatic N) is 2. The van der Waals surface area contributed by atoms with E-state index in [9.17, 15) is 10.1 Å². The summed E-state index contributed by atoms with van der Waals surface area (Å²) < 4.78 is 0. The van der Waals surface area contributed by atoms with E-state index < -0.39 is 4.92 Å². The number of rotatable bonds is 2.